The van der Waals surface area contributed by atoms with E-state index in [1.165, 1.54) is 28.6 Å². The van der Waals surface area contributed by atoms with Crippen LogP contribution in [0.5, 0.6) is 0 Å². The lowest BCUT2D eigenvalue weighted by atomic mass is 9.89. The summed E-state index contributed by atoms with van der Waals surface area (Å²) in [5, 5.41) is 24.1. The van der Waals surface area contributed by atoms with E-state index in [9.17, 15) is 23.6 Å². The maximum Gasteiger partial charge on any atom is 0.269 e. The highest BCUT2D eigenvalue weighted by molar-refractivity contribution is 7.89. The van der Waals surface area contributed by atoms with E-state index in [1.54, 1.807) is 0 Å². The molecule has 2 aliphatic rings. The number of hydrogen-bond donors (Lipinski definition) is 2. The Hall–Kier alpha value is -1.55. The molecule has 0 spiro atoms. The van der Waals surface area contributed by atoms with Crippen LogP contribution in [0.2, 0.25) is 0 Å². The number of benzene rings is 1. The molecule has 2 N–H and O–H groups in total. The third kappa shape index (κ3) is 3.69. The zero-order chi connectivity index (χ0) is 18.1. The highest BCUT2D eigenvalue weighted by Crippen LogP contribution is 2.38. The molecule has 25 heavy (non-hydrogen) atoms. The van der Waals surface area contributed by atoms with E-state index in [2.05, 4.69) is 5.32 Å². The number of nitro groups is 1. The smallest absolute Gasteiger partial charge is 0.269 e. The molecule has 1 heterocycles. The van der Waals surface area contributed by atoms with Gasteiger partial charge in [0, 0.05) is 18.7 Å². The molecular formula is C16H23N3O5S. The molecule has 3 rings (SSSR count). The summed E-state index contributed by atoms with van der Waals surface area (Å²) in [7, 11) is -3.85. The number of nitrogens with zero attached hydrogens (tertiary/aromatic N) is 2. The summed E-state index contributed by atoms with van der Waals surface area (Å²) < 4.78 is 28.0. The number of hydrogen-bond acceptors (Lipinski definition) is 6. The van der Waals surface area contributed by atoms with Crippen molar-refractivity contribution in [1.82, 2.24) is 9.62 Å². The molecular weight excluding hydrogens is 346 g/mol. The lowest BCUT2D eigenvalue weighted by molar-refractivity contribution is -0.384. The van der Waals surface area contributed by atoms with E-state index >= 15 is 0 Å². The third-order valence-electron chi connectivity index (χ3n) is 5.11. The zero-order valence-corrected chi connectivity index (χ0v) is 14.7. The Labute approximate surface area is 147 Å². The minimum Gasteiger partial charge on any atom is -0.394 e. The molecule has 1 saturated carbocycles. The minimum atomic E-state index is -3.85. The summed E-state index contributed by atoms with van der Waals surface area (Å²) in [6.45, 7) is 1.46. The van der Waals surface area contributed by atoms with Crippen LogP contribution >= 0.6 is 0 Å². The lowest BCUT2D eigenvalue weighted by Gasteiger charge is -2.44. The summed E-state index contributed by atoms with van der Waals surface area (Å²) in [6, 6.07) is 4.96. The highest BCUT2D eigenvalue weighted by Gasteiger charge is 2.46. The van der Waals surface area contributed by atoms with Crippen LogP contribution in [0, 0.1) is 16.0 Å². The van der Waals surface area contributed by atoms with Crippen molar-refractivity contribution in [3.8, 4) is 0 Å². The molecule has 0 atom stereocenters. The molecule has 2 fully saturated rings. The Morgan fingerprint density at radius 2 is 1.84 bits per heavy atom. The number of nitro benzene ring substituents is 1. The van der Waals surface area contributed by atoms with Crippen LogP contribution in [0.4, 0.5) is 5.69 Å². The van der Waals surface area contributed by atoms with E-state index in [0.29, 0.717) is 38.4 Å². The first-order valence-corrected chi connectivity index (χ1v) is 9.92. The molecule has 9 heteroatoms. The van der Waals surface area contributed by atoms with Gasteiger partial charge in [0.15, 0.2) is 0 Å². The van der Waals surface area contributed by atoms with Crippen molar-refractivity contribution in [2.24, 2.45) is 5.92 Å². The quantitative estimate of drug-likeness (QED) is 0.550. The molecule has 1 aromatic rings. The maximum atomic E-state index is 13.3. The van der Waals surface area contributed by atoms with Crippen LogP contribution in [0.25, 0.3) is 0 Å². The van der Waals surface area contributed by atoms with Gasteiger partial charge >= 0.3 is 0 Å². The average molecular weight is 369 g/mol. The van der Waals surface area contributed by atoms with Crippen LogP contribution < -0.4 is 5.32 Å². The minimum absolute atomic E-state index is 0.0325. The van der Waals surface area contributed by atoms with Crippen molar-refractivity contribution in [3.05, 3.63) is 34.4 Å². The number of sulfonamides is 1. The van der Waals surface area contributed by atoms with E-state index < -0.39 is 20.5 Å². The number of nitrogens with one attached hydrogen (secondary N) is 1. The van der Waals surface area contributed by atoms with Crippen molar-refractivity contribution >= 4 is 15.7 Å². The number of aliphatic hydroxyl groups excluding tert-OH is 1. The predicted molar refractivity (Wildman–Crippen MR) is 91.6 cm³/mol. The van der Waals surface area contributed by atoms with E-state index in [1.807, 2.05) is 0 Å². The van der Waals surface area contributed by atoms with Crippen molar-refractivity contribution in [3.63, 3.8) is 0 Å². The molecule has 1 saturated heterocycles. The fourth-order valence-electron chi connectivity index (χ4n) is 3.33. The monoisotopic (exact) mass is 369 g/mol. The van der Waals surface area contributed by atoms with Gasteiger partial charge in [0.25, 0.3) is 5.69 Å². The fraction of sp³-hybridized carbons (Fsp3) is 0.625. The van der Waals surface area contributed by atoms with Gasteiger partial charge in [-0.1, -0.05) is 0 Å². The average Bonchev–Trinajstić information content (AvgIpc) is 3.44. The highest BCUT2D eigenvalue weighted by atomic mass is 32.2. The first kappa shape index (κ1) is 18.2. The number of piperidine rings is 1. The van der Waals surface area contributed by atoms with Crippen molar-refractivity contribution in [2.75, 3.05) is 26.2 Å². The Bertz CT molecular complexity index is 725. The van der Waals surface area contributed by atoms with Gasteiger partial charge < -0.3 is 10.4 Å². The number of non-ortho nitro benzene ring substituents is 1. The van der Waals surface area contributed by atoms with Gasteiger partial charge in [-0.05, 0) is 56.8 Å². The summed E-state index contributed by atoms with van der Waals surface area (Å²) in [5.74, 6) is 0.325. The second-order valence-electron chi connectivity index (χ2n) is 6.86. The third-order valence-corrected chi connectivity index (χ3v) is 7.10. The Morgan fingerprint density at radius 3 is 2.32 bits per heavy atom. The van der Waals surface area contributed by atoms with E-state index in [-0.39, 0.29) is 17.2 Å². The zero-order valence-electron chi connectivity index (χ0n) is 13.9. The van der Waals surface area contributed by atoms with Gasteiger partial charge in [-0.2, -0.15) is 4.31 Å². The Morgan fingerprint density at radius 1 is 1.24 bits per heavy atom. The van der Waals surface area contributed by atoms with Crippen LogP contribution in [-0.2, 0) is 10.0 Å². The standard InChI is InChI=1S/C16H23N3O5S/c20-12-16(7-9-17-10-8-16)18(11-13-1-2-13)25(23,24)15-5-3-14(4-6-15)19(21)22/h3-6,13,17,20H,1-2,7-12H2. The normalized spacial score (nSPS) is 20.6. The Kier molecular flexibility index (Phi) is 5.10. The van der Waals surface area contributed by atoms with Gasteiger partial charge in [-0.3, -0.25) is 10.1 Å². The molecule has 0 bridgehead atoms. The fourth-order valence-corrected chi connectivity index (χ4v) is 5.22. The summed E-state index contributed by atoms with van der Waals surface area (Å²) in [5.41, 5.74) is -0.958. The SMILES string of the molecule is O=[N+]([O-])c1ccc(S(=O)(=O)N(CC2CC2)C2(CO)CCNCC2)cc1. The molecule has 0 aromatic heterocycles. The maximum absolute atomic E-state index is 13.3. The van der Waals surface area contributed by atoms with Gasteiger partial charge in [0.1, 0.15) is 0 Å². The molecule has 8 nitrogen and oxygen atoms in total. The van der Waals surface area contributed by atoms with Crippen LogP contribution in [0.3, 0.4) is 0 Å². The van der Waals surface area contributed by atoms with Gasteiger partial charge in [0.05, 0.1) is 22.0 Å². The largest absolute Gasteiger partial charge is 0.394 e. The second kappa shape index (κ2) is 6.99. The Balaban J connectivity index is 1.97. The van der Waals surface area contributed by atoms with Crippen molar-refractivity contribution in [1.29, 1.82) is 0 Å². The number of rotatable bonds is 7. The second-order valence-corrected chi connectivity index (χ2v) is 8.73. The van der Waals surface area contributed by atoms with Crippen molar-refractivity contribution < 1.29 is 18.4 Å². The van der Waals surface area contributed by atoms with Gasteiger partial charge in [-0.25, -0.2) is 8.42 Å². The molecule has 1 aliphatic heterocycles. The first-order chi connectivity index (χ1) is 11.9. The van der Waals surface area contributed by atoms with E-state index in [4.69, 9.17) is 0 Å². The van der Waals surface area contributed by atoms with Gasteiger partial charge in [-0.15, -0.1) is 0 Å². The summed E-state index contributed by atoms with van der Waals surface area (Å²) >= 11 is 0. The predicted octanol–water partition coefficient (Wildman–Crippen LogP) is 1.11. The number of aliphatic hydroxyl groups is 1. The molecule has 138 valence electrons. The van der Waals surface area contributed by atoms with Crippen LogP contribution in [0.15, 0.2) is 29.2 Å². The molecule has 1 aromatic carbocycles. The van der Waals surface area contributed by atoms with Crippen molar-refractivity contribution in [2.45, 2.75) is 36.1 Å². The molecule has 1 aliphatic carbocycles. The molecule has 0 amide bonds. The lowest BCUT2D eigenvalue weighted by Crippen LogP contribution is -2.59. The summed E-state index contributed by atoms with van der Waals surface area (Å²) in [6.07, 6.45) is 3.07. The molecule has 0 unspecified atom stereocenters. The van der Waals surface area contributed by atoms with Crippen LogP contribution in [-0.4, -0.2) is 54.5 Å². The topological polar surface area (TPSA) is 113 Å². The van der Waals surface area contributed by atoms with Gasteiger partial charge in [0.2, 0.25) is 10.0 Å². The van der Waals surface area contributed by atoms with E-state index in [0.717, 1.165) is 12.8 Å². The molecule has 0 radical (unpaired) electrons. The summed E-state index contributed by atoms with van der Waals surface area (Å²) in [4.78, 5) is 10.3. The van der Waals surface area contributed by atoms with Crippen LogP contribution in [0.1, 0.15) is 25.7 Å². The first-order valence-electron chi connectivity index (χ1n) is 8.48.